The van der Waals surface area contributed by atoms with Crippen molar-refractivity contribution in [3.05, 3.63) is 94.0 Å². The van der Waals surface area contributed by atoms with Crippen molar-refractivity contribution >= 4 is 21.6 Å². The van der Waals surface area contributed by atoms with Gasteiger partial charge in [0.2, 0.25) is 0 Å². The lowest BCUT2D eigenvalue weighted by atomic mass is 9.99. The summed E-state index contributed by atoms with van der Waals surface area (Å²) < 4.78 is 28.1. The second kappa shape index (κ2) is 8.94. The first-order chi connectivity index (χ1) is 14.6. The van der Waals surface area contributed by atoms with Crippen LogP contribution in [0.4, 0.5) is 5.69 Å². The van der Waals surface area contributed by atoms with E-state index in [1.54, 1.807) is 49.4 Å². The zero-order chi connectivity index (χ0) is 22.8. The van der Waals surface area contributed by atoms with Crippen molar-refractivity contribution in [1.82, 2.24) is 5.32 Å². The Kier molecular flexibility index (Phi) is 6.51. The van der Waals surface area contributed by atoms with Gasteiger partial charge in [-0.05, 0) is 75.6 Å². The molecular weight excluding hydrogens is 408 g/mol. The van der Waals surface area contributed by atoms with Gasteiger partial charge in [-0.15, -0.1) is 0 Å². The third-order valence-corrected chi connectivity index (χ3v) is 6.78. The number of carbonyl (C=O) groups is 1. The highest BCUT2D eigenvalue weighted by molar-refractivity contribution is 7.92. The fourth-order valence-corrected chi connectivity index (χ4v) is 4.61. The van der Waals surface area contributed by atoms with E-state index in [-0.39, 0.29) is 16.8 Å². The first-order valence-corrected chi connectivity index (χ1v) is 11.6. The zero-order valence-electron chi connectivity index (χ0n) is 18.5. The average molecular weight is 437 g/mol. The third kappa shape index (κ3) is 5.14. The minimum Gasteiger partial charge on any atom is -0.345 e. The van der Waals surface area contributed by atoms with E-state index >= 15 is 0 Å². The molecule has 0 aromatic heterocycles. The van der Waals surface area contributed by atoms with Crippen LogP contribution < -0.4 is 10.0 Å². The lowest BCUT2D eigenvalue weighted by molar-refractivity contribution is 0.0939. The second-order valence-electron chi connectivity index (χ2n) is 7.95. The molecule has 3 aromatic carbocycles. The van der Waals surface area contributed by atoms with Crippen LogP contribution in [-0.4, -0.2) is 14.3 Å². The summed E-state index contributed by atoms with van der Waals surface area (Å²) in [7, 11) is -3.75. The van der Waals surface area contributed by atoms with E-state index in [0.29, 0.717) is 16.8 Å². The van der Waals surface area contributed by atoms with Crippen molar-refractivity contribution in [3.63, 3.8) is 0 Å². The van der Waals surface area contributed by atoms with E-state index < -0.39 is 10.0 Å². The molecule has 162 valence electrons. The first kappa shape index (κ1) is 22.6. The topological polar surface area (TPSA) is 75.3 Å². The Labute approximate surface area is 184 Å². The Balaban J connectivity index is 1.83. The monoisotopic (exact) mass is 436 g/mol. The average Bonchev–Trinajstić information content (AvgIpc) is 2.71. The maximum absolute atomic E-state index is 13.0. The van der Waals surface area contributed by atoms with E-state index in [0.717, 1.165) is 22.3 Å². The first-order valence-electron chi connectivity index (χ1n) is 10.2. The second-order valence-corrected chi connectivity index (χ2v) is 9.63. The predicted molar refractivity (Wildman–Crippen MR) is 125 cm³/mol. The van der Waals surface area contributed by atoms with Gasteiger partial charge in [0.15, 0.2) is 0 Å². The fraction of sp³-hybridized carbons (Fsp3) is 0.240. The van der Waals surface area contributed by atoms with Crippen LogP contribution in [0.15, 0.2) is 65.6 Å². The van der Waals surface area contributed by atoms with Crippen LogP contribution >= 0.6 is 0 Å². The Hall–Kier alpha value is -3.12. The maximum atomic E-state index is 13.0. The summed E-state index contributed by atoms with van der Waals surface area (Å²) in [5.74, 6) is -0.248. The molecule has 3 rings (SSSR count). The van der Waals surface area contributed by atoms with Gasteiger partial charge in [-0.3, -0.25) is 9.52 Å². The molecule has 0 fully saturated rings. The van der Waals surface area contributed by atoms with Gasteiger partial charge < -0.3 is 5.32 Å². The number of amides is 1. The number of hydrogen-bond acceptors (Lipinski definition) is 3. The number of sulfonamides is 1. The molecule has 2 N–H and O–H groups in total. The maximum Gasteiger partial charge on any atom is 0.261 e. The molecule has 0 spiro atoms. The summed E-state index contributed by atoms with van der Waals surface area (Å²) >= 11 is 0. The Morgan fingerprint density at radius 3 is 2.19 bits per heavy atom. The summed E-state index contributed by atoms with van der Waals surface area (Å²) in [5.41, 5.74) is 5.66. The molecule has 0 radical (unpaired) electrons. The van der Waals surface area contributed by atoms with Gasteiger partial charge in [0, 0.05) is 5.56 Å². The highest BCUT2D eigenvalue weighted by Crippen LogP contribution is 2.24. The van der Waals surface area contributed by atoms with Crippen LogP contribution in [0.5, 0.6) is 0 Å². The van der Waals surface area contributed by atoms with Gasteiger partial charge >= 0.3 is 0 Å². The fourth-order valence-electron chi connectivity index (χ4n) is 3.49. The molecule has 0 saturated carbocycles. The van der Waals surface area contributed by atoms with Gasteiger partial charge in [0.25, 0.3) is 15.9 Å². The summed E-state index contributed by atoms with van der Waals surface area (Å²) in [5, 5.41) is 3.03. The van der Waals surface area contributed by atoms with E-state index in [2.05, 4.69) is 16.1 Å². The molecule has 0 bridgehead atoms. The highest BCUT2D eigenvalue weighted by Gasteiger charge is 2.19. The molecule has 0 aliphatic carbocycles. The Morgan fingerprint density at radius 1 is 0.871 bits per heavy atom. The van der Waals surface area contributed by atoms with E-state index in [4.69, 9.17) is 0 Å². The molecule has 1 atom stereocenters. The number of nitrogens with one attached hydrogen (secondary N) is 2. The molecule has 0 saturated heterocycles. The minimum absolute atomic E-state index is 0.177. The normalized spacial score (nSPS) is 12.3. The molecule has 5 nitrogen and oxygen atoms in total. The van der Waals surface area contributed by atoms with Crippen LogP contribution in [0, 0.1) is 27.7 Å². The van der Waals surface area contributed by atoms with Gasteiger partial charge in [0.1, 0.15) is 0 Å². The van der Waals surface area contributed by atoms with Gasteiger partial charge in [-0.2, -0.15) is 0 Å². The SMILES string of the molecule is Cc1ccc(S(=O)(=O)Nc2cccc(C(=O)N[C@@H](C)c3cc(C)ccc3C)c2C)cc1. The van der Waals surface area contributed by atoms with E-state index in [1.807, 2.05) is 39.8 Å². The standard InChI is InChI=1S/C25H28N2O3S/c1-16-10-13-21(14-11-16)31(29,30)27-24-8-6-7-22(19(24)4)25(28)26-20(5)23-15-17(2)9-12-18(23)3/h6-15,20,27H,1-5H3,(H,26,28)/t20-/m0/s1. The number of benzene rings is 3. The number of rotatable bonds is 6. The van der Waals surface area contributed by atoms with Crippen molar-refractivity contribution in [2.24, 2.45) is 0 Å². The van der Waals surface area contributed by atoms with Crippen LogP contribution in [-0.2, 0) is 10.0 Å². The molecule has 0 unspecified atom stereocenters. The van der Waals surface area contributed by atoms with Gasteiger partial charge in [-0.25, -0.2) is 8.42 Å². The number of aryl methyl sites for hydroxylation is 3. The van der Waals surface area contributed by atoms with Crippen molar-refractivity contribution in [1.29, 1.82) is 0 Å². The summed E-state index contributed by atoms with van der Waals surface area (Å²) in [6.07, 6.45) is 0. The molecule has 1 amide bonds. The lowest BCUT2D eigenvalue weighted by Gasteiger charge is -2.19. The van der Waals surface area contributed by atoms with Gasteiger partial charge in [0.05, 0.1) is 16.6 Å². The highest BCUT2D eigenvalue weighted by atomic mass is 32.2. The summed E-state index contributed by atoms with van der Waals surface area (Å²) in [6.45, 7) is 9.62. The largest absolute Gasteiger partial charge is 0.345 e. The summed E-state index contributed by atoms with van der Waals surface area (Å²) in [6, 6.07) is 17.6. The van der Waals surface area contributed by atoms with Crippen LogP contribution in [0.1, 0.15) is 51.1 Å². The predicted octanol–water partition coefficient (Wildman–Crippen LogP) is 5.21. The van der Waals surface area contributed by atoms with Crippen molar-refractivity contribution in [2.45, 2.75) is 45.6 Å². The molecule has 0 aliphatic heterocycles. The molecule has 6 heteroatoms. The Bertz CT molecular complexity index is 1220. The summed E-state index contributed by atoms with van der Waals surface area (Å²) in [4.78, 5) is 13.2. The molecule has 0 aliphatic rings. The zero-order valence-corrected chi connectivity index (χ0v) is 19.3. The smallest absolute Gasteiger partial charge is 0.261 e. The van der Waals surface area contributed by atoms with Crippen LogP contribution in [0.25, 0.3) is 0 Å². The molecule has 3 aromatic rings. The van der Waals surface area contributed by atoms with Crippen LogP contribution in [0.3, 0.4) is 0 Å². The minimum atomic E-state index is -3.75. The quantitative estimate of drug-likeness (QED) is 0.557. The lowest BCUT2D eigenvalue weighted by Crippen LogP contribution is -2.28. The van der Waals surface area contributed by atoms with Crippen molar-refractivity contribution < 1.29 is 13.2 Å². The molecule has 0 heterocycles. The van der Waals surface area contributed by atoms with Crippen molar-refractivity contribution in [2.75, 3.05) is 4.72 Å². The van der Waals surface area contributed by atoms with E-state index in [1.165, 1.54) is 0 Å². The number of anilines is 1. The number of hydrogen-bond donors (Lipinski definition) is 2. The van der Waals surface area contributed by atoms with Crippen LogP contribution in [0.2, 0.25) is 0 Å². The Morgan fingerprint density at radius 2 is 1.52 bits per heavy atom. The molecular formula is C25H28N2O3S. The van der Waals surface area contributed by atoms with Crippen molar-refractivity contribution in [3.8, 4) is 0 Å². The number of carbonyl (C=O) groups excluding carboxylic acids is 1. The van der Waals surface area contributed by atoms with Gasteiger partial charge in [-0.1, -0.05) is 47.5 Å². The van der Waals surface area contributed by atoms with E-state index in [9.17, 15) is 13.2 Å². The third-order valence-electron chi connectivity index (χ3n) is 5.40. The molecule has 31 heavy (non-hydrogen) atoms.